The highest BCUT2D eigenvalue weighted by Gasteiger charge is 2.12. The standard InChI is InChI=1S/C16H21ClN2O3S/c1-3-22-15(20)5-4-10-23-16-18-13-11-12(17)6-7-14(13)19(16)8-9-21-2/h6-7,11H,3-5,8-10H2,1-2H3. The van der Waals surface area contributed by atoms with Crippen LogP contribution in [0.5, 0.6) is 0 Å². The molecule has 0 aliphatic rings. The highest BCUT2D eigenvalue weighted by atomic mass is 35.5. The van der Waals surface area contributed by atoms with Crippen molar-refractivity contribution >= 4 is 40.4 Å². The van der Waals surface area contributed by atoms with Crippen LogP contribution in [0.3, 0.4) is 0 Å². The zero-order chi connectivity index (χ0) is 16.7. The van der Waals surface area contributed by atoms with E-state index in [1.54, 1.807) is 18.9 Å². The van der Waals surface area contributed by atoms with Crippen LogP contribution in [0.1, 0.15) is 19.8 Å². The Balaban J connectivity index is 2.04. The molecule has 126 valence electrons. The van der Waals surface area contributed by atoms with Crippen LogP contribution in [0.4, 0.5) is 0 Å². The summed E-state index contributed by atoms with van der Waals surface area (Å²) in [7, 11) is 1.68. The minimum Gasteiger partial charge on any atom is -0.466 e. The Kier molecular flexibility index (Phi) is 7.20. The fourth-order valence-electron chi connectivity index (χ4n) is 2.20. The lowest BCUT2D eigenvalue weighted by molar-refractivity contribution is -0.143. The largest absolute Gasteiger partial charge is 0.466 e. The molecule has 5 nitrogen and oxygen atoms in total. The maximum atomic E-state index is 11.4. The lowest BCUT2D eigenvalue weighted by Gasteiger charge is -2.08. The number of rotatable bonds is 9. The number of benzene rings is 1. The zero-order valence-electron chi connectivity index (χ0n) is 13.4. The molecule has 0 N–H and O–H groups in total. The van der Waals surface area contributed by atoms with E-state index in [1.165, 1.54) is 0 Å². The average Bonchev–Trinajstić information content (AvgIpc) is 2.86. The Morgan fingerprint density at radius 1 is 1.43 bits per heavy atom. The van der Waals surface area contributed by atoms with Crippen molar-refractivity contribution in [2.75, 3.05) is 26.1 Å². The van der Waals surface area contributed by atoms with Crippen LogP contribution in [0.2, 0.25) is 5.02 Å². The summed E-state index contributed by atoms with van der Waals surface area (Å²) in [5.74, 6) is 0.663. The molecule has 1 heterocycles. The van der Waals surface area contributed by atoms with Crippen molar-refractivity contribution in [2.24, 2.45) is 0 Å². The van der Waals surface area contributed by atoms with Crippen LogP contribution < -0.4 is 0 Å². The first-order chi connectivity index (χ1) is 11.2. The molecule has 1 aromatic carbocycles. The number of hydrogen-bond donors (Lipinski definition) is 0. The molecule has 1 aromatic heterocycles. The minimum atomic E-state index is -0.146. The fraction of sp³-hybridized carbons (Fsp3) is 0.500. The van der Waals surface area contributed by atoms with Gasteiger partial charge >= 0.3 is 5.97 Å². The van der Waals surface area contributed by atoms with E-state index in [0.717, 1.165) is 34.9 Å². The second-order valence-electron chi connectivity index (χ2n) is 4.93. The van der Waals surface area contributed by atoms with E-state index in [1.807, 2.05) is 25.1 Å². The third kappa shape index (κ3) is 5.12. The van der Waals surface area contributed by atoms with Gasteiger partial charge in [0.05, 0.1) is 24.2 Å². The van der Waals surface area contributed by atoms with E-state index in [2.05, 4.69) is 9.55 Å². The number of imidazole rings is 1. The Labute approximate surface area is 145 Å². The molecule has 23 heavy (non-hydrogen) atoms. The third-order valence-electron chi connectivity index (χ3n) is 3.26. The molecule has 0 aliphatic heterocycles. The molecule has 0 saturated carbocycles. The number of fused-ring (bicyclic) bond motifs is 1. The highest BCUT2D eigenvalue weighted by molar-refractivity contribution is 7.99. The van der Waals surface area contributed by atoms with E-state index >= 15 is 0 Å². The van der Waals surface area contributed by atoms with E-state index in [0.29, 0.717) is 24.7 Å². The van der Waals surface area contributed by atoms with Gasteiger partial charge in [0, 0.05) is 30.9 Å². The number of nitrogens with zero attached hydrogens (tertiary/aromatic N) is 2. The molecule has 0 radical (unpaired) electrons. The predicted molar refractivity (Wildman–Crippen MR) is 93.2 cm³/mol. The Hall–Kier alpha value is -1.24. The Morgan fingerprint density at radius 3 is 3.00 bits per heavy atom. The van der Waals surface area contributed by atoms with E-state index in [9.17, 15) is 4.79 Å². The number of ether oxygens (including phenoxy) is 2. The summed E-state index contributed by atoms with van der Waals surface area (Å²) in [6.45, 7) is 3.59. The van der Waals surface area contributed by atoms with E-state index in [4.69, 9.17) is 21.1 Å². The molecular formula is C16H21ClN2O3S. The molecule has 0 bridgehead atoms. The van der Waals surface area contributed by atoms with Gasteiger partial charge < -0.3 is 14.0 Å². The molecule has 0 unspecified atom stereocenters. The molecule has 2 aromatic rings. The summed E-state index contributed by atoms with van der Waals surface area (Å²) in [6, 6.07) is 5.70. The van der Waals surface area contributed by atoms with Crippen molar-refractivity contribution in [2.45, 2.75) is 31.5 Å². The van der Waals surface area contributed by atoms with Crippen molar-refractivity contribution in [1.29, 1.82) is 0 Å². The van der Waals surface area contributed by atoms with Gasteiger partial charge in [-0.1, -0.05) is 23.4 Å². The van der Waals surface area contributed by atoms with Gasteiger partial charge in [0.2, 0.25) is 0 Å². The summed E-state index contributed by atoms with van der Waals surface area (Å²) < 4.78 is 12.2. The van der Waals surface area contributed by atoms with Crippen LogP contribution in [-0.2, 0) is 20.8 Å². The Morgan fingerprint density at radius 2 is 2.26 bits per heavy atom. The van der Waals surface area contributed by atoms with Gasteiger partial charge in [0.25, 0.3) is 0 Å². The van der Waals surface area contributed by atoms with Crippen LogP contribution in [0.25, 0.3) is 11.0 Å². The van der Waals surface area contributed by atoms with E-state index < -0.39 is 0 Å². The normalized spacial score (nSPS) is 11.1. The van der Waals surface area contributed by atoms with E-state index in [-0.39, 0.29) is 5.97 Å². The molecule has 0 saturated heterocycles. The molecular weight excluding hydrogens is 336 g/mol. The number of methoxy groups -OCH3 is 1. The van der Waals surface area contributed by atoms with Crippen molar-refractivity contribution in [3.63, 3.8) is 0 Å². The molecule has 0 spiro atoms. The first-order valence-electron chi connectivity index (χ1n) is 7.58. The first kappa shape index (κ1) is 18.1. The molecule has 0 amide bonds. The lowest BCUT2D eigenvalue weighted by atomic mass is 10.3. The van der Waals surface area contributed by atoms with Crippen LogP contribution in [-0.4, -0.2) is 41.6 Å². The summed E-state index contributed by atoms with van der Waals surface area (Å²) >= 11 is 7.68. The number of esters is 1. The van der Waals surface area contributed by atoms with Crippen LogP contribution in [0.15, 0.2) is 23.4 Å². The maximum Gasteiger partial charge on any atom is 0.305 e. The molecule has 0 fully saturated rings. The van der Waals surface area contributed by atoms with Crippen LogP contribution >= 0.6 is 23.4 Å². The molecule has 2 rings (SSSR count). The number of carbonyl (C=O) groups excluding carboxylic acids is 1. The summed E-state index contributed by atoms with van der Waals surface area (Å²) in [5.41, 5.74) is 1.92. The quantitative estimate of drug-likeness (QED) is 0.389. The number of aromatic nitrogens is 2. The third-order valence-corrected chi connectivity index (χ3v) is 4.55. The van der Waals surface area contributed by atoms with Gasteiger partial charge in [-0.3, -0.25) is 4.79 Å². The van der Waals surface area contributed by atoms with Crippen LogP contribution in [0, 0.1) is 0 Å². The zero-order valence-corrected chi connectivity index (χ0v) is 15.0. The number of halogens is 1. The second-order valence-corrected chi connectivity index (χ2v) is 6.43. The lowest BCUT2D eigenvalue weighted by Crippen LogP contribution is -2.06. The molecule has 0 aliphatic carbocycles. The Bertz CT molecular complexity index is 660. The number of hydrogen-bond acceptors (Lipinski definition) is 5. The molecule has 0 atom stereocenters. The number of carbonyl (C=O) groups is 1. The van der Waals surface area contributed by atoms with Gasteiger partial charge in [-0.2, -0.15) is 0 Å². The fourth-order valence-corrected chi connectivity index (χ4v) is 3.35. The average molecular weight is 357 g/mol. The minimum absolute atomic E-state index is 0.146. The predicted octanol–water partition coefficient (Wildman–Crippen LogP) is 3.77. The van der Waals surface area contributed by atoms with Crippen molar-refractivity contribution in [3.8, 4) is 0 Å². The molecule has 7 heteroatoms. The van der Waals surface area contributed by atoms with Gasteiger partial charge in [-0.05, 0) is 31.5 Å². The summed E-state index contributed by atoms with van der Waals surface area (Å²) in [4.78, 5) is 16.0. The first-order valence-corrected chi connectivity index (χ1v) is 8.95. The van der Waals surface area contributed by atoms with Gasteiger partial charge in [-0.25, -0.2) is 4.98 Å². The number of thioether (sulfide) groups is 1. The maximum absolute atomic E-state index is 11.4. The smallest absolute Gasteiger partial charge is 0.305 e. The SMILES string of the molecule is CCOC(=O)CCCSc1nc2cc(Cl)ccc2n1CCOC. The van der Waals surface area contributed by atoms with Gasteiger partial charge in [-0.15, -0.1) is 0 Å². The van der Waals surface area contributed by atoms with Crippen molar-refractivity contribution in [1.82, 2.24) is 9.55 Å². The van der Waals surface area contributed by atoms with Gasteiger partial charge in [0.1, 0.15) is 0 Å². The summed E-state index contributed by atoms with van der Waals surface area (Å²) in [5, 5.41) is 1.59. The summed E-state index contributed by atoms with van der Waals surface area (Å²) in [6.07, 6.45) is 1.20. The monoisotopic (exact) mass is 356 g/mol. The topological polar surface area (TPSA) is 53.3 Å². The van der Waals surface area contributed by atoms with Gasteiger partial charge in [0.15, 0.2) is 5.16 Å². The van der Waals surface area contributed by atoms with Crippen molar-refractivity contribution in [3.05, 3.63) is 23.2 Å². The second kappa shape index (κ2) is 9.15. The highest BCUT2D eigenvalue weighted by Crippen LogP contribution is 2.26. The van der Waals surface area contributed by atoms with Crippen molar-refractivity contribution < 1.29 is 14.3 Å².